The molecule has 0 aromatic heterocycles. The van der Waals surface area contributed by atoms with Crippen molar-refractivity contribution in [3.05, 3.63) is 0 Å². The summed E-state index contributed by atoms with van der Waals surface area (Å²) in [7, 11) is 1.69. The van der Waals surface area contributed by atoms with Crippen molar-refractivity contribution in [1.82, 2.24) is 4.90 Å². The Hall–Kier alpha value is -0.330. The van der Waals surface area contributed by atoms with Crippen molar-refractivity contribution in [2.24, 2.45) is 5.73 Å². The number of halogens is 3. The summed E-state index contributed by atoms with van der Waals surface area (Å²) in [5, 5.41) is 9.19. The Morgan fingerprint density at radius 1 is 1.47 bits per heavy atom. The molecule has 0 aliphatic heterocycles. The second kappa shape index (κ2) is 5.54. The van der Waals surface area contributed by atoms with E-state index in [1.54, 1.807) is 11.9 Å². The maximum Gasteiger partial charge on any atom is 0.390 e. The van der Waals surface area contributed by atoms with Gasteiger partial charge in [0.05, 0.1) is 13.0 Å². The fourth-order valence-electron chi connectivity index (χ4n) is 2.37. The van der Waals surface area contributed by atoms with E-state index in [0.717, 1.165) is 19.3 Å². The van der Waals surface area contributed by atoms with Gasteiger partial charge in [-0.1, -0.05) is 0 Å². The van der Waals surface area contributed by atoms with Crippen LogP contribution in [-0.2, 0) is 0 Å². The van der Waals surface area contributed by atoms with Crippen molar-refractivity contribution in [2.45, 2.75) is 49.9 Å². The summed E-state index contributed by atoms with van der Waals surface area (Å²) in [6.07, 6.45) is -1.88. The van der Waals surface area contributed by atoms with Gasteiger partial charge in [-0.15, -0.1) is 0 Å². The average Bonchev–Trinajstić information content (AvgIpc) is 2.25. The third-order valence-electron chi connectivity index (χ3n) is 3.54. The van der Waals surface area contributed by atoms with E-state index < -0.39 is 18.1 Å². The van der Waals surface area contributed by atoms with Gasteiger partial charge in [0.1, 0.15) is 0 Å². The molecule has 2 atom stereocenters. The molecule has 0 radical (unpaired) electrons. The molecule has 3 nitrogen and oxygen atoms in total. The standard InChI is InChI=1S/C11H21F3N2O/c1-16(6-5-11(12,13)14)9-3-2-4-10(15,7-9)8-17/h9,17H,2-8,15H2,1H3. The summed E-state index contributed by atoms with van der Waals surface area (Å²) in [6, 6.07) is 0.0447. The molecule has 0 aromatic rings. The molecule has 102 valence electrons. The van der Waals surface area contributed by atoms with E-state index in [1.165, 1.54) is 0 Å². The minimum atomic E-state index is -4.11. The Bertz CT molecular complexity index is 247. The van der Waals surface area contributed by atoms with Crippen LogP contribution in [0.5, 0.6) is 0 Å². The molecule has 17 heavy (non-hydrogen) atoms. The van der Waals surface area contributed by atoms with E-state index in [1.807, 2.05) is 0 Å². The highest BCUT2D eigenvalue weighted by molar-refractivity contribution is 4.93. The van der Waals surface area contributed by atoms with Crippen LogP contribution in [0, 0.1) is 0 Å². The smallest absolute Gasteiger partial charge is 0.390 e. The van der Waals surface area contributed by atoms with Crippen molar-refractivity contribution < 1.29 is 18.3 Å². The first kappa shape index (κ1) is 14.7. The summed E-state index contributed by atoms with van der Waals surface area (Å²) in [5.41, 5.74) is 5.35. The zero-order chi connectivity index (χ0) is 13.1. The number of nitrogens with zero attached hydrogens (tertiary/aromatic N) is 1. The van der Waals surface area contributed by atoms with Crippen molar-refractivity contribution in [2.75, 3.05) is 20.2 Å². The monoisotopic (exact) mass is 254 g/mol. The van der Waals surface area contributed by atoms with E-state index in [4.69, 9.17) is 5.73 Å². The molecular formula is C11H21F3N2O. The molecular weight excluding hydrogens is 233 g/mol. The first-order chi connectivity index (χ1) is 7.76. The van der Waals surface area contributed by atoms with Crippen LogP contribution >= 0.6 is 0 Å². The normalized spacial score (nSPS) is 30.9. The topological polar surface area (TPSA) is 49.5 Å². The van der Waals surface area contributed by atoms with Gasteiger partial charge in [-0.3, -0.25) is 0 Å². The lowest BCUT2D eigenvalue weighted by Gasteiger charge is -2.40. The Kier molecular flexibility index (Phi) is 4.80. The summed E-state index contributed by atoms with van der Waals surface area (Å²) >= 11 is 0. The van der Waals surface area contributed by atoms with Crippen LogP contribution in [0.4, 0.5) is 13.2 Å². The van der Waals surface area contributed by atoms with Gasteiger partial charge in [-0.2, -0.15) is 13.2 Å². The minimum absolute atomic E-state index is 0.00429. The first-order valence-electron chi connectivity index (χ1n) is 5.92. The van der Waals surface area contributed by atoms with Crippen LogP contribution in [0.2, 0.25) is 0 Å². The van der Waals surface area contributed by atoms with Crippen molar-refractivity contribution in [3.8, 4) is 0 Å². The number of aliphatic hydroxyl groups is 1. The van der Waals surface area contributed by atoms with Crippen LogP contribution < -0.4 is 5.73 Å². The highest BCUT2D eigenvalue weighted by Crippen LogP contribution is 2.29. The molecule has 1 aliphatic rings. The number of hydrogen-bond donors (Lipinski definition) is 2. The lowest BCUT2D eigenvalue weighted by atomic mass is 9.80. The maximum absolute atomic E-state index is 12.1. The van der Waals surface area contributed by atoms with Crippen LogP contribution in [-0.4, -0.2) is 48.0 Å². The van der Waals surface area contributed by atoms with E-state index in [9.17, 15) is 18.3 Å². The fourth-order valence-corrected chi connectivity index (χ4v) is 2.37. The highest BCUT2D eigenvalue weighted by atomic mass is 19.4. The predicted octanol–water partition coefficient (Wildman–Crippen LogP) is 1.50. The van der Waals surface area contributed by atoms with Gasteiger partial charge in [0.2, 0.25) is 0 Å². The second-order valence-corrected chi connectivity index (χ2v) is 5.12. The van der Waals surface area contributed by atoms with Crippen molar-refractivity contribution in [1.29, 1.82) is 0 Å². The van der Waals surface area contributed by atoms with Crippen LogP contribution in [0.25, 0.3) is 0 Å². The van der Waals surface area contributed by atoms with Gasteiger partial charge in [0, 0.05) is 18.1 Å². The number of hydrogen-bond acceptors (Lipinski definition) is 3. The fraction of sp³-hybridized carbons (Fsp3) is 1.00. The van der Waals surface area contributed by atoms with Gasteiger partial charge in [0.25, 0.3) is 0 Å². The lowest BCUT2D eigenvalue weighted by molar-refractivity contribution is -0.138. The summed E-state index contributed by atoms with van der Waals surface area (Å²) in [4.78, 5) is 1.71. The predicted molar refractivity (Wildman–Crippen MR) is 59.6 cm³/mol. The Morgan fingerprint density at radius 3 is 2.65 bits per heavy atom. The van der Waals surface area contributed by atoms with Gasteiger partial charge < -0.3 is 15.7 Å². The van der Waals surface area contributed by atoms with Gasteiger partial charge in [-0.05, 0) is 32.7 Å². The highest BCUT2D eigenvalue weighted by Gasteiger charge is 2.35. The van der Waals surface area contributed by atoms with Crippen molar-refractivity contribution >= 4 is 0 Å². The van der Waals surface area contributed by atoms with Crippen LogP contribution in [0.1, 0.15) is 32.1 Å². The molecule has 1 rings (SSSR count). The Morgan fingerprint density at radius 2 is 2.12 bits per heavy atom. The van der Waals surface area contributed by atoms with Gasteiger partial charge >= 0.3 is 6.18 Å². The van der Waals surface area contributed by atoms with Crippen LogP contribution in [0.15, 0.2) is 0 Å². The van der Waals surface area contributed by atoms with E-state index in [-0.39, 0.29) is 19.2 Å². The largest absolute Gasteiger partial charge is 0.394 e. The van der Waals surface area contributed by atoms with Gasteiger partial charge in [0.15, 0.2) is 0 Å². The quantitative estimate of drug-likeness (QED) is 0.799. The molecule has 0 heterocycles. The second-order valence-electron chi connectivity index (χ2n) is 5.12. The Balaban J connectivity index is 2.44. The zero-order valence-corrected chi connectivity index (χ0v) is 10.1. The molecule has 0 bridgehead atoms. The molecule has 0 amide bonds. The SMILES string of the molecule is CN(CCC(F)(F)F)C1CCCC(N)(CO)C1. The average molecular weight is 254 g/mol. The third kappa shape index (κ3) is 4.81. The molecule has 0 saturated heterocycles. The van der Waals surface area contributed by atoms with Gasteiger partial charge in [-0.25, -0.2) is 0 Å². The maximum atomic E-state index is 12.1. The number of nitrogens with two attached hydrogens (primary N) is 1. The van der Waals surface area contributed by atoms with Crippen molar-refractivity contribution in [3.63, 3.8) is 0 Å². The molecule has 3 N–H and O–H groups in total. The lowest BCUT2D eigenvalue weighted by Crippen LogP contribution is -2.52. The number of rotatable bonds is 4. The molecule has 0 aromatic carbocycles. The summed E-state index contributed by atoms with van der Waals surface area (Å²) in [6.45, 7) is -0.105. The summed E-state index contributed by atoms with van der Waals surface area (Å²) in [5.74, 6) is 0. The van der Waals surface area contributed by atoms with Crippen LogP contribution in [0.3, 0.4) is 0 Å². The molecule has 0 spiro atoms. The number of alkyl halides is 3. The molecule has 1 aliphatic carbocycles. The third-order valence-corrected chi connectivity index (χ3v) is 3.54. The van der Waals surface area contributed by atoms with E-state index in [2.05, 4.69) is 0 Å². The Labute approximate surface area is 99.8 Å². The molecule has 1 fully saturated rings. The van der Waals surface area contributed by atoms with E-state index in [0.29, 0.717) is 6.42 Å². The number of aliphatic hydroxyl groups excluding tert-OH is 1. The molecule has 2 unspecified atom stereocenters. The minimum Gasteiger partial charge on any atom is -0.394 e. The molecule has 6 heteroatoms. The zero-order valence-electron chi connectivity index (χ0n) is 10.1. The summed E-state index contributed by atoms with van der Waals surface area (Å²) < 4.78 is 36.3. The molecule has 1 saturated carbocycles. The van der Waals surface area contributed by atoms with E-state index >= 15 is 0 Å². The first-order valence-corrected chi connectivity index (χ1v) is 5.92.